The maximum absolute atomic E-state index is 4.98. The molecule has 1 aromatic heterocycles. The summed E-state index contributed by atoms with van der Waals surface area (Å²) in [6.45, 7) is 4.51. The fraction of sp³-hybridized carbons (Fsp3) is 0.778. The van der Waals surface area contributed by atoms with E-state index in [9.17, 15) is 0 Å². The quantitative estimate of drug-likeness (QED) is 0.900. The van der Waals surface area contributed by atoms with Gasteiger partial charge in [0.25, 0.3) is 0 Å². The molecule has 3 aliphatic rings. The zero-order chi connectivity index (χ0) is 14.9. The molecule has 1 N–H and O–H groups in total. The van der Waals surface area contributed by atoms with Crippen molar-refractivity contribution in [2.75, 3.05) is 23.3 Å². The maximum atomic E-state index is 4.98. The second-order valence-electron chi connectivity index (χ2n) is 7.40. The molecule has 0 amide bonds. The summed E-state index contributed by atoms with van der Waals surface area (Å²) in [5.41, 5.74) is 1.26. The zero-order valence-corrected chi connectivity index (χ0v) is 13.8. The highest BCUT2D eigenvalue weighted by Crippen LogP contribution is 2.34. The number of anilines is 2. The van der Waals surface area contributed by atoms with E-state index in [2.05, 4.69) is 17.1 Å². The Morgan fingerprint density at radius 3 is 2.36 bits per heavy atom. The summed E-state index contributed by atoms with van der Waals surface area (Å²) in [6.07, 6.45) is 11.7. The van der Waals surface area contributed by atoms with Crippen LogP contribution in [0.15, 0.2) is 0 Å². The molecule has 1 saturated heterocycles. The van der Waals surface area contributed by atoms with Gasteiger partial charge in [0, 0.05) is 31.1 Å². The van der Waals surface area contributed by atoms with Crippen molar-refractivity contribution in [1.29, 1.82) is 0 Å². The molecular formula is C18H28N4. The third-order valence-electron chi connectivity index (χ3n) is 5.16. The van der Waals surface area contributed by atoms with Crippen LogP contribution in [0.5, 0.6) is 0 Å². The molecule has 4 rings (SSSR count). The van der Waals surface area contributed by atoms with Gasteiger partial charge in [-0.05, 0) is 51.4 Å². The summed E-state index contributed by atoms with van der Waals surface area (Å²) >= 11 is 0. The van der Waals surface area contributed by atoms with E-state index >= 15 is 0 Å². The summed E-state index contributed by atoms with van der Waals surface area (Å²) in [5.74, 6) is 4.21. The fourth-order valence-electron chi connectivity index (χ4n) is 3.37. The molecule has 2 heterocycles. The van der Waals surface area contributed by atoms with Crippen LogP contribution in [0.2, 0.25) is 0 Å². The average molecular weight is 300 g/mol. The van der Waals surface area contributed by atoms with Gasteiger partial charge >= 0.3 is 0 Å². The normalized spacial score (nSPS) is 22.5. The molecule has 2 aliphatic carbocycles. The second kappa shape index (κ2) is 6.05. The van der Waals surface area contributed by atoms with Gasteiger partial charge in [0.1, 0.15) is 17.5 Å². The van der Waals surface area contributed by atoms with Crippen LogP contribution in [0, 0.1) is 12.8 Å². The lowest BCUT2D eigenvalue weighted by molar-refractivity contribution is 0.726. The van der Waals surface area contributed by atoms with Crippen LogP contribution in [0.1, 0.15) is 62.8 Å². The number of rotatable bonds is 5. The first-order chi connectivity index (χ1) is 10.8. The van der Waals surface area contributed by atoms with Crippen LogP contribution < -0.4 is 10.2 Å². The number of nitrogens with zero attached hydrogens (tertiary/aromatic N) is 3. The first-order valence-corrected chi connectivity index (χ1v) is 9.18. The molecule has 1 aliphatic heterocycles. The first-order valence-electron chi connectivity index (χ1n) is 9.18. The van der Waals surface area contributed by atoms with Crippen molar-refractivity contribution in [1.82, 2.24) is 9.97 Å². The Hall–Kier alpha value is -1.32. The highest BCUT2D eigenvalue weighted by Gasteiger charge is 2.27. The molecule has 0 atom stereocenters. The Labute approximate surface area is 133 Å². The second-order valence-corrected chi connectivity index (χ2v) is 7.40. The summed E-state index contributed by atoms with van der Waals surface area (Å²) in [7, 11) is 0. The van der Waals surface area contributed by atoms with E-state index in [-0.39, 0.29) is 0 Å². The minimum absolute atomic E-state index is 0.652. The van der Waals surface area contributed by atoms with Crippen LogP contribution in [0.3, 0.4) is 0 Å². The smallest absolute Gasteiger partial charge is 0.137 e. The minimum atomic E-state index is 0.652. The largest absolute Gasteiger partial charge is 0.367 e. The predicted octanol–water partition coefficient (Wildman–Crippen LogP) is 3.69. The number of hydrogen-bond donors (Lipinski definition) is 1. The van der Waals surface area contributed by atoms with E-state index in [1.165, 1.54) is 62.7 Å². The lowest BCUT2D eigenvalue weighted by atomic mass is 10.2. The summed E-state index contributed by atoms with van der Waals surface area (Å²) < 4.78 is 0. The Morgan fingerprint density at radius 2 is 1.73 bits per heavy atom. The van der Waals surface area contributed by atoms with E-state index in [1.54, 1.807) is 0 Å². The highest BCUT2D eigenvalue weighted by atomic mass is 15.2. The van der Waals surface area contributed by atoms with Gasteiger partial charge < -0.3 is 10.2 Å². The van der Waals surface area contributed by atoms with Crippen molar-refractivity contribution in [2.45, 2.75) is 70.8 Å². The van der Waals surface area contributed by atoms with Gasteiger partial charge in [-0.15, -0.1) is 0 Å². The molecule has 22 heavy (non-hydrogen) atoms. The zero-order valence-electron chi connectivity index (χ0n) is 13.8. The van der Waals surface area contributed by atoms with Gasteiger partial charge in [0.2, 0.25) is 0 Å². The van der Waals surface area contributed by atoms with E-state index in [0.717, 1.165) is 37.1 Å². The molecule has 0 bridgehead atoms. The Kier molecular flexibility index (Phi) is 3.93. The van der Waals surface area contributed by atoms with Crippen molar-refractivity contribution in [2.24, 2.45) is 5.92 Å². The van der Waals surface area contributed by atoms with Crippen LogP contribution in [0.4, 0.5) is 11.6 Å². The Morgan fingerprint density at radius 1 is 1.00 bits per heavy atom. The van der Waals surface area contributed by atoms with Gasteiger partial charge in [-0.25, -0.2) is 9.97 Å². The number of aromatic nitrogens is 2. The molecule has 1 aromatic rings. The molecular weight excluding hydrogens is 272 g/mol. The molecule has 0 spiro atoms. The molecule has 2 saturated carbocycles. The monoisotopic (exact) mass is 300 g/mol. The standard InChI is InChI=1S/C18H28N4/c1-13-17(19-15-8-9-15)20-16(12-14-6-7-14)21-18(13)22-10-4-2-3-5-11-22/h14-15H,2-12H2,1H3,(H,19,20,21). The average Bonchev–Trinajstić information content (AvgIpc) is 3.37. The maximum Gasteiger partial charge on any atom is 0.137 e. The van der Waals surface area contributed by atoms with Crippen LogP contribution in [0.25, 0.3) is 0 Å². The molecule has 0 aromatic carbocycles. The van der Waals surface area contributed by atoms with Gasteiger partial charge in [-0.1, -0.05) is 12.8 Å². The lowest BCUT2D eigenvalue weighted by Crippen LogP contribution is -2.27. The summed E-state index contributed by atoms with van der Waals surface area (Å²) in [4.78, 5) is 12.4. The Bertz CT molecular complexity index is 526. The molecule has 4 nitrogen and oxygen atoms in total. The summed E-state index contributed by atoms with van der Waals surface area (Å²) in [6, 6.07) is 0.652. The van der Waals surface area contributed by atoms with Crippen molar-refractivity contribution in [3.63, 3.8) is 0 Å². The van der Waals surface area contributed by atoms with Gasteiger partial charge in [-0.2, -0.15) is 0 Å². The third-order valence-corrected chi connectivity index (χ3v) is 5.16. The minimum Gasteiger partial charge on any atom is -0.367 e. The van der Waals surface area contributed by atoms with Crippen molar-refractivity contribution in [3.8, 4) is 0 Å². The van der Waals surface area contributed by atoms with E-state index in [0.29, 0.717) is 6.04 Å². The lowest BCUT2D eigenvalue weighted by Gasteiger charge is -2.25. The van der Waals surface area contributed by atoms with Crippen molar-refractivity contribution >= 4 is 11.6 Å². The molecule has 4 heteroatoms. The summed E-state index contributed by atoms with van der Waals surface area (Å²) in [5, 5.41) is 3.64. The molecule has 0 radical (unpaired) electrons. The number of hydrogen-bond acceptors (Lipinski definition) is 4. The SMILES string of the molecule is Cc1c(NC2CC2)nc(CC2CC2)nc1N1CCCCCC1. The molecule has 0 unspecified atom stereocenters. The van der Waals surface area contributed by atoms with Gasteiger partial charge in [0.15, 0.2) is 0 Å². The van der Waals surface area contributed by atoms with Crippen molar-refractivity contribution < 1.29 is 0 Å². The molecule has 120 valence electrons. The Balaban J connectivity index is 1.63. The van der Waals surface area contributed by atoms with Gasteiger partial charge in [0.05, 0.1) is 0 Å². The van der Waals surface area contributed by atoms with Crippen LogP contribution in [-0.4, -0.2) is 29.1 Å². The van der Waals surface area contributed by atoms with E-state index in [1.807, 2.05) is 0 Å². The van der Waals surface area contributed by atoms with Gasteiger partial charge in [-0.3, -0.25) is 0 Å². The van der Waals surface area contributed by atoms with Crippen LogP contribution >= 0.6 is 0 Å². The fourth-order valence-corrected chi connectivity index (χ4v) is 3.37. The highest BCUT2D eigenvalue weighted by molar-refractivity contribution is 5.59. The van der Waals surface area contributed by atoms with E-state index in [4.69, 9.17) is 9.97 Å². The number of nitrogens with one attached hydrogen (secondary N) is 1. The first kappa shape index (κ1) is 14.3. The van der Waals surface area contributed by atoms with E-state index < -0.39 is 0 Å². The third kappa shape index (κ3) is 3.36. The predicted molar refractivity (Wildman–Crippen MR) is 90.5 cm³/mol. The molecule has 3 fully saturated rings. The topological polar surface area (TPSA) is 41.1 Å². The van der Waals surface area contributed by atoms with Crippen LogP contribution in [-0.2, 0) is 6.42 Å². The van der Waals surface area contributed by atoms with Crippen molar-refractivity contribution in [3.05, 3.63) is 11.4 Å².